The second-order valence-corrected chi connectivity index (χ2v) is 21.2. The number of H-pyrrole nitrogens is 1. The Bertz CT molecular complexity index is 2710. The molecule has 2 saturated carbocycles. The van der Waals surface area contributed by atoms with Crippen molar-refractivity contribution in [2.75, 3.05) is 49.6 Å². The Morgan fingerprint density at radius 3 is 2.55 bits per heavy atom. The molecule has 1 amide bonds. The zero-order chi connectivity index (χ0) is 46.4. The maximum atomic E-state index is 14.1. The van der Waals surface area contributed by atoms with Gasteiger partial charge in [-0.25, -0.2) is 23.1 Å². The third kappa shape index (κ3) is 9.48. The van der Waals surface area contributed by atoms with E-state index in [0.29, 0.717) is 55.0 Å². The number of morpholine rings is 1. The normalized spacial score (nSPS) is 22.6. The third-order valence-electron chi connectivity index (χ3n) is 14.6. The highest BCUT2D eigenvalue weighted by Crippen LogP contribution is 2.53. The van der Waals surface area contributed by atoms with E-state index < -0.39 is 37.0 Å². The van der Waals surface area contributed by atoms with Crippen LogP contribution in [0.15, 0.2) is 78.0 Å². The molecule has 2 aliphatic heterocycles. The van der Waals surface area contributed by atoms with Crippen LogP contribution in [-0.4, -0.2) is 95.2 Å². The first kappa shape index (κ1) is 45.5. The minimum absolute atomic E-state index is 0.0440. The SMILES string of the molecule is Cc1nc2[nH]ccc2cc1Oc1cc(N2CCC3(CC2)CC(N2CCOC[C@H]2c2ccccc2C(C)C)C3)ccc1C(=O)NS(=O)(=O)c1cnc(NCC2CCC(C)(O)CC2)c([N+](=O)[O-])c1. The number of nitrogens with zero attached hydrogens (tertiary/aromatic N) is 5. The fourth-order valence-electron chi connectivity index (χ4n) is 10.6. The van der Waals surface area contributed by atoms with Gasteiger partial charge >= 0.3 is 5.69 Å². The molecule has 5 aromatic rings. The number of aromatic nitrogens is 3. The smallest absolute Gasteiger partial charge is 0.312 e. The maximum absolute atomic E-state index is 14.1. The van der Waals surface area contributed by atoms with Crippen LogP contribution in [0.3, 0.4) is 0 Å². The Morgan fingerprint density at radius 2 is 1.80 bits per heavy atom. The van der Waals surface area contributed by atoms with Gasteiger partial charge in [0.05, 0.1) is 47.2 Å². The lowest BCUT2D eigenvalue weighted by atomic mass is 9.59. The summed E-state index contributed by atoms with van der Waals surface area (Å²) in [6, 6.07) is 19.2. The summed E-state index contributed by atoms with van der Waals surface area (Å²) in [5.74, 6) is 0.0773. The molecule has 2 aromatic carbocycles. The number of amides is 1. The lowest BCUT2D eigenvalue weighted by molar-refractivity contribution is -0.384. The minimum atomic E-state index is -4.64. The molecule has 350 valence electrons. The molecule has 5 heterocycles. The van der Waals surface area contributed by atoms with Crippen molar-refractivity contribution < 1.29 is 32.7 Å². The quantitative estimate of drug-likeness (QED) is 0.0648. The van der Waals surface area contributed by atoms with Crippen molar-refractivity contribution >= 4 is 44.2 Å². The number of carbonyl (C=O) groups excluding carboxylic acids is 1. The van der Waals surface area contributed by atoms with Crippen LogP contribution in [0.1, 0.15) is 111 Å². The van der Waals surface area contributed by atoms with Crippen molar-refractivity contribution in [3.8, 4) is 11.5 Å². The van der Waals surface area contributed by atoms with Crippen molar-refractivity contribution in [1.29, 1.82) is 0 Å². The first-order chi connectivity index (χ1) is 31.6. The Labute approximate surface area is 385 Å². The van der Waals surface area contributed by atoms with Crippen LogP contribution in [0.2, 0.25) is 0 Å². The number of nitro groups is 1. The van der Waals surface area contributed by atoms with E-state index in [9.17, 15) is 28.4 Å². The number of piperidine rings is 1. The summed E-state index contributed by atoms with van der Waals surface area (Å²) in [5, 5.41) is 26.3. The molecule has 1 spiro atoms. The van der Waals surface area contributed by atoms with Gasteiger partial charge < -0.3 is 29.8 Å². The standard InChI is InChI=1S/C49H60N8O8S/c1-31(2)38-7-5-6-8-39(38)42-30-64-22-21-56(42)36-26-49(27-36)16-19-55(20-17-49)35-9-10-40(44(24-35)65-43-23-34-13-18-50-45(34)53-32(43)3)47(58)54-66(62,63)37-25-41(57(60)61)46(52-29-37)51-28-33-11-14-48(4,59)15-12-33/h5-10,13,18,23-25,29,31,33,36,42,59H,11-12,14-17,19-22,26-28,30H2,1-4H3,(H,50,53)(H,51,52)(H,54,58)/t33?,42-,48?/m0/s1. The number of pyridine rings is 2. The molecular formula is C49H60N8O8S. The predicted octanol–water partition coefficient (Wildman–Crippen LogP) is 8.38. The summed E-state index contributed by atoms with van der Waals surface area (Å²) in [6.45, 7) is 12.5. The summed E-state index contributed by atoms with van der Waals surface area (Å²) in [7, 11) is -4.64. The van der Waals surface area contributed by atoms with Gasteiger partial charge in [0.15, 0.2) is 0 Å². The minimum Gasteiger partial charge on any atom is -0.455 e. The van der Waals surface area contributed by atoms with Gasteiger partial charge in [0, 0.05) is 61.6 Å². The molecule has 0 unspecified atom stereocenters. The fourth-order valence-corrected chi connectivity index (χ4v) is 11.5. The van der Waals surface area contributed by atoms with E-state index in [1.807, 2.05) is 12.1 Å². The second kappa shape index (κ2) is 18.2. The number of carbonyl (C=O) groups is 1. The number of fused-ring (bicyclic) bond motifs is 1. The zero-order valence-corrected chi connectivity index (χ0v) is 38.9. The van der Waals surface area contributed by atoms with Crippen LogP contribution < -0.4 is 19.7 Å². The lowest BCUT2D eigenvalue weighted by Crippen LogP contribution is -2.58. The highest BCUT2D eigenvalue weighted by Gasteiger charge is 2.50. The highest BCUT2D eigenvalue weighted by atomic mass is 32.2. The Morgan fingerprint density at radius 1 is 1.05 bits per heavy atom. The summed E-state index contributed by atoms with van der Waals surface area (Å²) >= 11 is 0. The van der Waals surface area contributed by atoms with E-state index in [0.717, 1.165) is 88.1 Å². The zero-order valence-electron chi connectivity index (χ0n) is 38.1. The summed E-state index contributed by atoms with van der Waals surface area (Å²) in [4.78, 5) is 41.8. The molecular weight excluding hydrogens is 861 g/mol. The van der Waals surface area contributed by atoms with Crippen molar-refractivity contribution in [2.24, 2.45) is 11.3 Å². The maximum Gasteiger partial charge on any atom is 0.312 e. The molecule has 2 aliphatic carbocycles. The highest BCUT2D eigenvalue weighted by molar-refractivity contribution is 7.90. The van der Waals surface area contributed by atoms with Crippen LogP contribution in [-0.2, 0) is 14.8 Å². The molecule has 4 N–H and O–H groups in total. The molecule has 17 heteroatoms. The molecule has 4 aliphatic rings. The van der Waals surface area contributed by atoms with Crippen LogP contribution in [0.4, 0.5) is 17.2 Å². The van der Waals surface area contributed by atoms with E-state index in [1.165, 1.54) is 11.1 Å². The molecule has 0 radical (unpaired) electrons. The number of aryl methyl sites for hydroxylation is 1. The lowest BCUT2D eigenvalue weighted by Gasteiger charge is -2.57. The molecule has 9 rings (SSSR count). The molecule has 0 bridgehead atoms. The van der Waals surface area contributed by atoms with Crippen molar-refractivity contribution in [3.63, 3.8) is 0 Å². The van der Waals surface area contributed by atoms with Crippen LogP contribution in [0.5, 0.6) is 11.5 Å². The molecule has 1 atom stereocenters. The van der Waals surface area contributed by atoms with Gasteiger partial charge in [0.1, 0.15) is 22.0 Å². The number of benzene rings is 2. The molecule has 4 fully saturated rings. The number of hydrogen-bond donors (Lipinski definition) is 4. The van der Waals surface area contributed by atoms with Gasteiger partial charge in [-0.15, -0.1) is 0 Å². The summed E-state index contributed by atoms with van der Waals surface area (Å²) < 4.78 is 42.2. The largest absolute Gasteiger partial charge is 0.455 e. The fraction of sp³-hybridized carbons (Fsp3) is 0.490. The van der Waals surface area contributed by atoms with Gasteiger partial charge in [-0.1, -0.05) is 38.1 Å². The van der Waals surface area contributed by atoms with E-state index in [4.69, 9.17) is 9.47 Å². The number of hydrogen-bond acceptors (Lipinski definition) is 13. The molecule has 16 nitrogen and oxygen atoms in total. The second-order valence-electron chi connectivity index (χ2n) is 19.5. The van der Waals surface area contributed by atoms with Crippen LogP contribution >= 0.6 is 0 Å². The summed E-state index contributed by atoms with van der Waals surface area (Å²) in [6.07, 6.45) is 9.79. The van der Waals surface area contributed by atoms with Crippen molar-refractivity contribution in [3.05, 3.63) is 106 Å². The molecule has 66 heavy (non-hydrogen) atoms. The van der Waals surface area contributed by atoms with Gasteiger partial charge in [-0.3, -0.25) is 19.8 Å². The number of aliphatic hydroxyl groups is 1. The van der Waals surface area contributed by atoms with Crippen LogP contribution in [0, 0.1) is 28.4 Å². The number of anilines is 2. The molecule has 3 aromatic heterocycles. The Hall–Kier alpha value is -5.62. The first-order valence-corrected chi connectivity index (χ1v) is 24.7. The van der Waals surface area contributed by atoms with Crippen LogP contribution in [0.25, 0.3) is 11.0 Å². The average molecular weight is 921 g/mol. The van der Waals surface area contributed by atoms with E-state index in [2.05, 4.69) is 72.9 Å². The van der Waals surface area contributed by atoms with E-state index >= 15 is 0 Å². The average Bonchev–Trinajstić information content (AvgIpc) is 3.74. The summed E-state index contributed by atoms with van der Waals surface area (Å²) in [5.41, 5.74) is 3.78. The number of sulfonamides is 1. The van der Waals surface area contributed by atoms with E-state index in [1.54, 1.807) is 38.2 Å². The topological polar surface area (TPSA) is 205 Å². The third-order valence-corrected chi connectivity index (χ3v) is 15.9. The number of nitrogens with one attached hydrogen (secondary N) is 3. The van der Waals surface area contributed by atoms with Gasteiger partial charge in [-0.2, -0.15) is 0 Å². The number of aromatic amines is 1. The Balaban J connectivity index is 0.910. The monoisotopic (exact) mass is 920 g/mol. The van der Waals surface area contributed by atoms with E-state index in [-0.39, 0.29) is 34.5 Å². The van der Waals surface area contributed by atoms with Gasteiger partial charge in [-0.05, 0) is 118 Å². The molecule has 2 saturated heterocycles. The first-order valence-electron chi connectivity index (χ1n) is 23.2. The van der Waals surface area contributed by atoms with Crippen molar-refractivity contribution in [1.82, 2.24) is 24.6 Å². The van der Waals surface area contributed by atoms with Gasteiger partial charge in [0.25, 0.3) is 15.9 Å². The number of ether oxygens (including phenoxy) is 2. The predicted molar refractivity (Wildman–Crippen MR) is 252 cm³/mol. The van der Waals surface area contributed by atoms with Gasteiger partial charge in [0.2, 0.25) is 5.82 Å². The Kier molecular flexibility index (Phi) is 12.6. The van der Waals surface area contributed by atoms with Crippen molar-refractivity contribution in [2.45, 2.75) is 108 Å². The number of rotatable bonds is 13.